The zero-order chi connectivity index (χ0) is 34.3. The van der Waals surface area contributed by atoms with E-state index in [9.17, 15) is 9.59 Å². The van der Waals surface area contributed by atoms with E-state index in [2.05, 4.69) is 61.3 Å². The number of ether oxygens (including phenoxy) is 2. The maximum Gasteiger partial charge on any atom is 0.247 e. The molecule has 11 heteroatoms. The molecule has 258 valence electrons. The third kappa shape index (κ3) is 8.22. The van der Waals surface area contributed by atoms with E-state index < -0.39 is 0 Å². The van der Waals surface area contributed by atoms with Crippen molar-refractivity contribution in [2.75, 3.05) is 77.5 Å². The summed E-state index contributed by atoms with van der Waals surface area (Å²) in [7, 11) is 1.85. The Balaban J connectivity index is 0.977. The SMILES string of the molecule is C=C(C(/C=C(\C)C(=O)NC1CCN(CC(=O)N2CCN(c3ccc(C4=NCCC=N4)cc3)CC2)C1)=C(/C)NC)c1ccc2c(c1)OCCO2. The van der Waals surface area contributed by atoms with E-state index >= 15 is 0 Å². The van der Waals surface area contributed by atoms with Gasteiger partial charge in [-0.25, -0.2) is 4.99 Å². The summed E-state index contributed by atoms with van der Waals surface area (Å²) in [6.45, 7) is 14.7. The second-order valence-electron chi connectivity index (χ2n) is 12.9. The van der Waals surface area contributed by atoms with Gasteiger partial charge in [0.25, 0.3) is 0 Å². The molecule has 4 aliphatic rings. The first kappa shape index (κ1) is 34.0. The van der Waals surface area contributed by atoms with Crippen molar-refractivity contribution < 1.29 is 19.1 Å². The number of nitrogens with zero attached hydrogens (tertiary/aromatic N) is 5. The summed E-state index contributed by atoms with van der Waals surface area (Å²) in [5.74, 6) is 2.22. The van der Waals surface area contributed by atoms with Crippen LogP contribution in [-0.2, 0) is 9.59 Å². The second-order valence-corrected chi connectivity index (χ2v) is 12.9. The predicted molar refractivity (Wildman–Crippen MR) is 195 cm³/mol. The van der Waals surface area contributed by atoms with Crippen LogP contribution in [0.4, 0.5) is 5.69 Å². The van der Waals surface area contributed by atoms with Crippen molar-refractivity contribution in [1.82, 2.24) is 20.4 Å². The van der Waals surface area contributed by atoms with Gasteiger partial charge in [-0.1, -0.05) is 12.6 Å². The molecule has 0 aromatic heterocycles. The van der Waals surface area contributed by atoms with Gasteiger partial charge >= 0.3 is 0 Å². The Morgan fingerprint density at radius 3 is 2.47 bits per heavy atom. The maximum absolute atomic E-state index is 13.3. The minimum absolute atomic E-state index is 0.0208. The number of aliphatic imine (C=N–C) groups is 2. The Morgan fingerprint density at radius 1 is 1.00 bits per heavy atom. The van der Waals surface area contributed by atoms with Crippen LogP contribution in [0.2, 0.25) is 0 Å². The van der Waals surface area contributed by atoms with E-state index in [1.165, 1.54) is 0 Å². The van der Waals surface area contributed by atoms with E-state index in [0.29, 0.717) is 50.7 Å². The minimum atomic E-state index is -0.127. The van der Waals surface area contributed by atoms with E-state index in [1.54, 1.807) is 0 Å². The molecule has 1 unspecified atom stereocenters. The molecule has 0 aliphatic carbocycles. The summed E-state index contributed by atoms with van der Waals surface area (Å²) < 4.78 is 11.4. The van der Waals surface area contributed by atoms with Crippen molar-refractivity contribution in [2.24, 2.45) is 9.98 Å². The predicted octanol–water partition coefficient (Wildman–Crippen LogP) is 3.67. The molecule has 2 aromatic rings. The van der Waals surface area contributed by atoms with Gasteiger partial charge in [0, 0.05) is 99.6 Å². The summed E-state index contributed by atoms with van der Waals surface area (Å²) >= 11 is 0. The summed E-state index contributed by atoms with van der Waals surface area (Å²) in [4.78, 5) is 41.9. The normalized spacial score (nSPS) is 20.0. The quantitative estimate of drug-likeness (QED) is 0.295. The number of carbonyl (C=O) groups is 2. The zero-order valence-electron chi connectivity index (χ0n) is 28.8. The van der Waals surface area contributed by atoms with Gasteiger partial charge in [-0.05, 0) is 73.9 Å². The largest absolute Gasteiger partial charge is 0.486 e. The summed E-state index contributed by atoms with van der Waals surface area (Å²) in [5.41, 5.74) is 6.18. The Kier molecular flexibility index (Phi) is 10.8. The lowest BCUT2D eigenvalue weighted by Crippen LogP contribution is -2.51. The van der Waals surface area contributed by atoms with Gasteiger partial charge in [-0.2, -0.15) is 0 Å². The Labute approximate surface area is 289 Å². The number of amides is 2. The number of hydrogen-bond donors (Lipinski definition) is 2. The van der Waals surface area contributed by atoms with Crippen LogP contribution in [0.1, 0.15) is 37.8 Å². The number of rotatable bonds is 10. The number of benzene rings is 2. The molecule has 2 N–H and O–H groups in total. The molecule has 0 radical (unpaired) electrons. The fourth-order valence-electron chi connectivity index (χ4n) is 6.53. The Hall–Kier alpha value is -4.90. The third-order valence-electron chi connectivity index (χ3n) is 9.54. The highest BCUT2D eigenvalue weighted by Crippen LogP contribution is 2.35. The van der Waals surface area contributed by atoms with Crippen molar-refractivity contribution in [3.8, 4) is 11.5 Å². The zero-order valence-corrected chi connectivity index (χ0v) is 28.8. The van der Waals surface area contributed by atoms with E-state index in [0.717, 1.165) is 84.3 Å². The number of piperazine rings is 1. The van der Waals surface area contributed by atoms with E-state index in [-0.39, 0.29) is 17.9 Å². The number of nitrogens with one attached hydrogen (secondary N) is 2. The van der Waals surface area contributed by atoms with Crippen LogP contribution in [0.15, 0.2) is 81.9 Å². The van der Waals surface area contributed by atoms with Crippen LogP contribution in [0, 0.1) is 0 Å². The van der Waals surface area contributed by atoms with Gasteiger partial charge in [0.05, 0.1) is 6.54 Å². The van der Waals surface area contributed by atoms with E-state index in [1.807, 2.05) is 56.3 Å². The van der Waals surface area contributed by atoms with Gasteiger partial charge in [0.15, 0.2) is 17.3 Å². The van der Waals surface area contributed by atoms with Crippen molar-refractivity contribution in [3.63, 3.8) is 0 Å². The summed E-state index contributed by atoms with van der Waals surface area (Å²) in [6.07, 6.45) is 5.50. The molecule has 2 aromatic carbocycles. The average molecular weight is 666 g/mol. The Bertz CT molecular complexity index is 1690. The molecule has 4 heterocycles. The van der Waals surface area contributed by atoms with Crippen LogP contribution >= 0.6 is 0 Å². The van der Waals surface area contributed by atoms with Crippen LogP contribution in [-0.4, -0.2) is 112 Å². The molecule has 0 saturated carbocycles. The highest BCUT2D eigenvalue weighted by atomic mass is 16.6. The van der Waals surface area contributed by atoms with Gasteiger partial charge in [0.2, 0.25) is 11.8 Å². The molecule has 2 fully saturated rings. The highest BCUT2D eigenvalue weighted by Gasteiger charge is 2.29. The van der Waals surface area contributed by atoms with Crippen molar-refractivity contribution >= 4 is 35.1 Å². The molecular formula is C38H47N7O4. The molecule has 2 amide bonds. The standard InChI is InChI=1S/C38H47N7O4/c1-26(22-33(28(3)39-4)27(2)30-8-11-34-35(23-30)49-21-20-48-34)38(47)42-31-12-15-43(24-31)25-36(46)45-18-16-44(17-19-45)32-9-6-29(7-10-32)37-40-13-5-14-41-37/h6-11,13,22-23,31,39H,2,5,12,14-21,24-25H2,1,3-4H3,(H,42,47)/b26-22+,33-28-. The summed E-state index contributed by atoms with van der Waals surface area (Å²) in [6, 6.07) is 14.1. The number of allylic oxidation sites excluding steroid dienone is 4. The molecule has 0 bridgehead atoms. The molecule has 0 spiro atoms. The molecule has 1 atom stereocenters. The van der Waals surface area contributed by atoms with Crippen LogP contribution < -0.4 is 25.0 Å². The first-order valence-electron chi connectivity index (χ1n) is 17.2. The molecule has 4 aliphatic heterocycles. The smallest absolute Gasteiger partial charge is 0.247 e. The second kappa shape index (κ2) is 15.5. The van der Waals surface area contributed by atoms with Gasteiger partial charge in [-0.15, -0.1) is 0 Å². The summed E-state index contributed by atoms with van der Waals surface area (Å²) in [5, 5.41) is 6.39. The van der Waals surface area contributed by atoms with Gasteiger partial charge in [0.1, 0.15) is 13.2 Å². The number of anilines is 1. The molecule has 2 saturated heterocycles. The lowest BCUT2D eigenvalue weighted by atomic mass is 9.95. The minimum Gasteiger partial charge on any atom is -0.486 e. The molecule has 11 nitrogen and oxygen atoms in total. The monoisotopic (exact) mass is 665 g/mol. The number of carbonyl (C=O) groups excluding carboxylic acids is 2. The molecule has 49 heavy (non-hydrogen) atoms. The van der Waals surface area contributed by atoms with Crippen molar-refractivity contribution in [2.45, 2.75) is 32.7 Å². The van der Waals surface area contributed by atoms with Crippen LogP contribution in [0.25, 0.3) is 5.57 Å². The van der Waals surface area contributed by atoms with E-state index in [4.69, 9.17) is 9.47 Å². The number of amidine groups is 1. The first-order valence-corrected chi connectivity index (χ1v) is 17.2. The maximum atomic E-state index is 13.3. The molecular weight excluding hydrogens is 618 g/mol. The molecule has 6 rings (SSSR count). The van der Waals surface area contributed by atoms with Gasteiger partial charge in [-0.3, -0.25) is 19.5 Å². The third-order valence-corrected chi connectivity index (χ3v) is 9.54. The van der Waals surface area contributed by atoms with Gasteiger partial charge < -0.3 is 29.9 Å². The first-order chi connectivity index (χ1) is 23.8. The topological polar surface area (TPSA) is 111 Å². The van der Waals surface area contributed by atoms with Crippen molar-refractivity contribution in [3.05, 3.63) is 83.1 Å². The lowest BCUT2D eigenvalue weighted by Gasteiger charge is -2.36. The Morgan fingerprint density at radius 2 is 1.76 bits per heavy atom. The number of likely N-dealkylation sites (tertiary alicyclic amines) is 1. The average Bonchev–Trinajstić information content (AvgIpc) is 3.59. The fraction of sp³-hybridized carbons (Fsp3) is 0.421. The van der Waals surface area contributed by atoms with Crippen molar-refractivity contribution in [1.29, 1.82) is 0 Å². The lowest BCUT2D eigenvalue weighted by molar-refractivity contribution is -0.132. The number of fused-ring (bicyclic) bond motifs is 1. The highest BCUT2D eigenvalue weighted by molar-refractivity contribution is 6.04. The van der Waals surface area contributed by atoms with Crippen LogP contribution in [0.3, 0.4) is 0 Å². The fourth-order valence-corrected chi connectivity index (χ4v) is 6.53. The van der Waals surface area contributed by atoms with Crippen LogP contribution in [0.5, 0.6) is 11.5 Å². The number of hydrogen-bond acceptors (Lipinski definition) is 9.